The van der Waals surface area contributed by atoms with Crippen molar-refractivity contribution in [3.05, 3.63) is 64.1 Å². The SMILES string of the molecule is CCc1ccc(C(=O)N(CCOC)CCC(=O)Nc2nnc(-c3ccc(Br)cc3)s2)cc1. The third-order valence-electron chi connectivity index (χ3n) is 4.83. The quantitative estimate of drug-likeness (QED) is 0.424. The highest BCUT2D eigenvalue weighted by Gasteiger charge is 2.18. The molecule has 168 valence electrons. The molecule has 0 unspecified atom stereocenters. The summed E-state index contributed by atoms with van der Waals surface area (Å²) in [6, 6.07) is 15.3. The van der Waals surface area contributed by atoms with Crippen molar-refractivity contribution in [3.8, 4) is 10.6 Å². The van der Waals surface area contributed by atoms with E-state index >= 15 is 0 Å². The van der Waals surface area contributed by atoms with Gasteiger partial charge in [0.05, 0.1) is 6.61 Å². The Morgan fingerprint density at radius 1 is 1.06 bits per heavy atom. The normalized spacial score (nSPS) is 10.7. The van der Waals surface area contributed by atoms with Gasteiger partial charge in [-0.2, -0.15) is 0 Å². The Labute approximate surface area is 199 Å². The fourth-order valence-electron chi connectivity index (χ4n) is 2.98. The van der Waals surface area contributed by atoms with Crippen molar-refractivity contribution in [1.29, 1.82) is 0 Å². The number of methoxy groups -OCH3 is 1. The summed E-state index contributed by atoms with van der Waals surface area (Å²) in [6.07, 6.45) is 1.06. The maximum Gasteiger partial charge on any atom is 0.253 e. The number of amides is 2. The van der Waals surface area contributed by atoms with Crippen molar-refractivity contribution in [3.63, 3.8) is 0 Å². The average molecular weight is 517 g/mol. The number of carbonyl (C=O) groups is 2. The van der Waals surface area contributed by atoms with Gasteiger partial charge in [0.2, 0.25) is 11.0 Å². The Hall–Kier alpha value is -2.62. The third kappa shape index (κ3) is 6.69. The molecular formula is C23H25BrN4O3S. The number of halogens is 1. The molecule has 2 amide bonds. The molecule has 1 heterocycles. The van der Waals surface area contributed by atoms with Crippen molar-refractivity contribution in [2.75, 3.05) is 32.1 Å². The Morgan fingerprint density at radius 3 is 2.44 bits per heavy atom. The summed E-state index contributed by atoms with van der Waals surface area (Å²) in [5.41, 5.74) is 2.70. The summed E-state index contributed by atoms with van der Waals surface area (Å²) in [5.74, 6) is -0.342. The number of aryl methyl sites for hydroxylation is 1. The lowest BCUT2D eigenvalue weighted by atomic mass is 10.1. The number of hydrogen-bond donors (Lipinski definition) is 1. The number of rotatable bonds is 10. The predicted molar refractivity (Wildman–Crippen MR) is 130 cm³/mol. The Morgan fingerprint density at radius 2 is 1.78 bits per heavy atom. The van der Waals surface area contributed by atoms with Gasteiger partial charge in [0.15, 0.2) is 0 Å². The lowest BCUT2D eigenvalue weighted by Crippen LogP contribution is -2.36. The van der Waals surface area contributed by atoms with Crippen molar-refractivity contribution in [1.82, 2.24) is 15.1 Å². The molecule has 0 bridgehead atoms. The van der Waals surface area contributed by atoms with Crippen LogP contribution in [-0.4, -0.2) is 53.7 Å². The molecule has 0 spiro atoms. The van der Waals surface area contributed by atoms with Crippen LogP contribution >= 0.6 is 27.3 Å². The molecule has 7 nitrogen and oxygen atoms in total. The summed E-state index contributed by atoms with van der Waals surface area (Å²) in [4.78, 5) is 27.0. The van der Waals surface area contributed by atoms with E-state index in [9.17, 15) is 9.59 Å². The minimum Gasteiger partial charge on any atom is -0.383 e. The Kier molecular flexibility index (Phi) is 8.90. The van der Waals surface area contributed by atoms with E-state index in [4.69, 9.17) is 4.74 Å². The summed E-state index contributed by atoms with van der Waals surface area (Å²) in [6.45, 7) is 3.15. The van der Waals surface area contributed by atoms with E-state index in [1.807, 2.05) is 48.5 Å². The molecule has 1 N–H and O–H groups in total. The van der Waals surface area contributed by atoms with E-state index in [0.29, 0.717) is 23.8 Å². The fourth-order valence-corrected chi connectivity index (χ4v) is 4.01. The molecule has 0 fully saturated rings. The van der Waals surface area contributed by atoms with Crippen LogP contribution in [0.1, 0.15) is 29.3 Å². The van der Waals surface area contributed by atoms with Gasteiger partial charge >= 0.3 is 0 Å². The first-order chi connectivity index (χ1) is 15.5. The summed E-state index contributed by atoms with van der Waals surface area (Å²) < 4.78 is 6.12. The first-order valence-electron chi connectivity index (χ1n) is 10.3. The topological polar surface area (TPSA) is 84.4 Å². The van der Waals surface area contributed by atoms with Crippen LogP contribution in [0, 0.1) is 0 Å². The zero-order chi connectivity index (χ0) is 22.9. The largest absolute Gasteiger partial charge is 0.383 e. The highest BCUT2D eigenvalue weighted by Crippen LogP contribution is 2.27. The molecule has 0 atom stereocenters. The Bertz CT molecular complexity index is 1040. The number of hydrogen-bond acceptors (Lipinski definition) is 6. The molecule has 0 saturated carbocycles. The molecule has 9 heteroatoms. The maximum atomic E-state index is 12.9. The highest BCUT2D eigenvalue weighted by atomic mass is 79.9. The van der Waals surface area contributed by atoms with Gasteiger partial charge in [-0.05, 0) is 36.2 Å². The van der Waals surface area contributed by atoms with E-state index in [1.165, 1.54) is 16.9 Å². The smallest absolute Gasteiger partial charge is 0.253 e. The van der Waals surface area contributed by atoms with Crippen LogP contribution in [-0.2, 0) is 16.0 Å². The van der Waals surface area contributed by atoms with Crippen LogP contribution in [0.15, 0.2) is 53.0 Å². The molecule has 3 aromatic rings. The van der Waals surface area contributed by atoms with E-state index in [0.717, 1.165) is 21.5 Å². The molecular weight excluding hydrogens is 492 g/mol. The first-order valence-corrected chi connectivity index (χ1v) is 11.9. The van der Waals surface area contributed by atoms with Crippen molar-refractivity contribution in [2.45, 2.75) is 19.8 Å². The number of nitrogens with zero attached hydrogens (tertiary/aromatic N) is 3. The van der Waals surface area contributed by atoms with Crippen molar-refractivity contribution in [2.24, 2.45) is 0 Å². The molecule has 3 rings (SSSR count). The molecule has 0 radical (unpaired) electrons. The molecule has 0 aliphatic carbocycles. The monoisotopic (exact) mass is 516 g/mol. The number of carbonyl (C=O) groups excluding carboxylic acids is 2. The zero-order valence-corrected chi connectivity index (χ0v) is 20.4. The predicted octanol–water partition coefficient (Wildman–Crippen LogP) is 4.65. The van der Waals surface area contributed by atoms with E-state index in [1.54, 1.807) is 12.0 Å². The van der Waals surface area contributed by atoms with Crippen LogP contribution in [0.4, 0.5) is 5.13 Å². The van der Waals surface area contributed by atoms with Crippen LogP contribution in [0.2, 0.25) is 0 Å². The molecule has 32 heavy (non-hydrogen) atoms. The van der Waals surface area contributed by atoms with Crippen molar-refractivity contribution >= 4 is 44.2 Å². The van der Waals surface area contributed by atoms with Gasteiger partial charge in [-0.1, -0.05) is 58.5 Å². The van der Waals surface area contributed by atoms with Crippen LogP contribution in [0.25, 0.3) is 10.6 Å². The second kappa shape index (κ2) is 11.8. The van der Waals surface area contributed by atoms with Gasteiger partial charge in [-0.25, -0.2) is 0 Å². The van der Waals surface area contributed by atoms with E-state index in [2.05, 4.69) is 38.4 Å². The van der Waals surface area contributed by atoms with Gasteiger partial charge < -0.3 is 15.0 Å². The minimum atomic E-state index is -0.222. The second-order valence-corrected chi connectivity index (χ2v) is 8.95. The fraction of sp³-hybridized carbons (Fsp3) is 0.304. The lowest BCUT2D eigenvalue weighted by molar-refractivity contribution is -0.116. The van der Waals surface area contributed by atoms with Crippen LogP contribution in [0.5, 0.6) is 0 Å². The molecule has 2 aromatic carbocycles. The third-order valence-corrected chi connectivity index (χ3v) is 6.25. The van der Waals surface area contributed by atoms with Crippen molar-refractivity contribution < 1.29 is 14.3 Å². The number of ether oxygens (including phenoxy) is 1. The molecule has 0 aliphatic rings. The Balaban J connectivity index is 1.58. The lowest BCUT2D eigenvalue weighted by Gasteiger charge is -2.22. The number of anilines is 1. The summed E-state index contributed by atoms with van der Waals surface area (Å²) in [7, 11) is 1.59. The van der Waals surface area contributed by atoms with Gasteiger partial charge in [0, 0.05) is 42.2 Å². The van der Waals surface area contributed by atoms with Crippen LogP contribution in [0.3, 0.4) is 0 Å². The average Bonchev–Trinajstić information content (AvgIpc) is 3.27. The van der Waals surface area contributed by atoms with E-state index < -0.39 is 0 Å². The summed E-state index contributed by atoms with van der Waals surface area (Å²) >= 11 is 4.71. The van der Waals surface area contributed by atoms with Crippen LogP contribution < -0.4 is 5.32 Å². The van der Waals surface area contributed by atoms with Gasteiger partial charge in [-0.3, -0.25) is 9.59 Å². The standard InChI is InChI=1S/C23H25BrN4O3S/c1-3-16-4-6-18(7-5-16)22(30)28(14-15-31-2)13-12-20(29)25-23-27-26-21(32-23)17-8-10-19(24)11-9-17/h4-11H,3,12-15H2,1-2H3,(H,25,27,29). The first kappa shape index (κ1) is 24.0. The highest BCUT2D eigenvalue weighted by molar-refractivity contribution is 9.10. The molecule has 1 aromatic heterocycles. The van der Waals surface area contributed by atoms with Gasteiger partial charge in [0.25, 0.3) is 5.91 Å². The van der Waals surface area contributed by atoms with Gasteiger partial charge in [-0.15, -0.1) is 10.2 Å². The maximum absolute atomic E-state index is 12.9. The van der Waals surface area contributed by atoms with E-state index in [-0.39, 0.29) is 24.8 Å². The zero-order valence-electron chi connectivity index (χ0n) is 18.0. The van der Waals surface area contributed by atoms with Gasteiger partial charge in [0.1, 0.15) is 5.01 Å². The molecule has 0 aliphatic heterocycles. The second-order valence-electron chi connectivity index (χ2n) is 7.05. The minimum absolute atomic E-state index is 0.119. The molecule has 0 saturated heterocycles. The number of nitrogens with one attached hydrogen (secondary N) is 1. The number of benzene rings is 2. The number of aromatic nitrogens is 2. The summed E-state index contributed by atoms with van der Waals surface area (Å²) in [5, 5.41) is 12.1.